The number of unbranched alkanes of at least 4 members (excludes halogenated alkanes) is 2. The molecule has 1 saturated carbocycles. The van der Waals surface area contributed by atoms with E-state index in [1.165, 1.54) is 5.56 Å². The Labute approximate surface area is 177 Å². The van der Waals surface area contributed by atoms with Gasteiger partial charge in [-0.2, -0.15) is 0 Å². The fourth-order valence-corrected chi connectivity index (χ4v) is 5.74. The first kappa shape index (κ1) is 21.0. The zero-order valence-corrected chi connectivity index (χ0v) is 17.7. The zero-order chi connectivity index (χ0) is 21.1. The Morgan fingerprint density at radius 3 is 2.83 bits per heavy atom. The van der Waals surface area contributed by atoms with Crippen molar-refractivity contribution < 1.29 is 28.9 Å². The molecule has 1 aliphatic heterocycles. The average Bonchev–Trinajstić information content (AvgIpc) is 3.02. The highest BCUT2D eigenvalue weighted by molar-refractivity contribution is 5.68. The molecule has 0 amide bonds. The first-order valence-electron chi connectivity index (χ1n) is 11.4. The van der Waals surface area contributed by atoms with Crippen molar-refractivity contribution in [3.8, 4) is 5.75 Å². The van der Waals surface area contributed by atoms with Crippen LogP contribution in [0.15, 0.2) is 18.2 Å². The molecule has 0 spiro atoms. The number of benzene rings is 1. The van der Waals surface area contributed by atoms with Gasteiger partial charge in [0.25, 0.3) is 0 Å². The van der Waals surface area contributed by atoms with Crippen molar-refractivity contribution in [2.45, 2.75) is 76.9 Å². The van der Waals surface area contributed by atoms with E-state index in [4.69, 9.17) is 19.3 Å². The molecule has 0 aromatic heterocycles. The van der Waals surface area contributed by atoms with E-state index in [1.807, 2.05) is 12.1 Å². The normalized spacial score (nSPS) is 30.0. The number of carboxylic acids is 1. The van der Waals surface area contributed by atoms with Gasteiger partial charge < -0.3 is 19.3 Å². The Morgan fingerprint density at radius 1 is 1.17 bits per heavy atom. The van der Waals surface area contributed by atoms with Gasteiger partial charge in [0, 0.05) is 0 Å². The molecule has 30 heavy (non-hydrogen) atoms. The number of hydrogen-bond donors (Lipinski definition) is 1. The summed E-state index contributed by atoms with van der Waals surface area (Å²) in [5, 5.41) is 8.95. The van der Waals surface area contributed by atoms with Crippen LogP contribution in [0, 0.1) is 17.8 Å². The number of carbonyl (C=O) groups excluding carboxylic acids is 1. The number of ether oxygens (including phenoxy) is 3. The van der Waals surface area contributed by atoms with Gasteiger partial charge >= 0.3 is 12.1 Å². The van der Waals surface area contributed by atoms with E-state index in [0.29, 0.717) is 23.5 Å². The minimum absolute atomic E-state index is 0.0315. The number of carbonyl (C=O) groups is 2. The van der Waals surface area contributed by atoms with Crippen LogP contribution in [0.25, 0.3) is 0 Å². The van der Waals surface area contributed by atoms with Crippen LogP contribution in [-0.2, 0) is 27.1 Å². The van der Waals surface area contributed by atoms with E-state index >= 15 is 0 Å². The van der Waals surface area contributed by atoms with Crippen molar-refractivity contribution in [3.05, 3.63) is 29.3 Å². The maximum atomic E-state index is 12.3. The Kier molecular flexibility index (Phi) is 6.49. The van der Waals surface area contributed by atoms with Gasteiger partial charge in [-0.1, -0.05) is 31.9 Å². The molecule has 4 rings (SSSR count). The lowest BCUT2D eigenvalue weighted by Gasteiger charge is -2.34. The minimum atomic E-state index is -0.971. The zero-order valence-electron chi connectivity index (χ0n) is 17.7. The summed E-state index contributed by atoms with van der Waals surface area (Å²) >= 11 is 0. The van der Waals surface area contributed by atoms with Crippen molar-refractivity contribution >= 4 is 12.1 Å². The summed E-state index contributed by atoms with van der Waals surface area (Å²) in [5.41, 5.74) is 2.36. The lowest BCUT2D eigenvalue weighted by atomic mass is 9.73. The van der Waals surface area contributed by atoms with Crippen LogP contribution in [-0.4, -0.2) is 36.0 Å². The Bertz CT molecular complexity index is 775. The van der Waals surface area contributed by atoms with Gasteiger partial charge in [-0.25, -0.2) is 9.59 Å². The molecule has 0 bridgehead atoms. The Hall–Kier alpha value is -2.24. The standard InChI is InChI=1S/C24H32O6/c1-2-3-4-7-17-9-10-18-19-11-15-6-5-8-21(28-14-23(25)26)20(15)12-16(19)13-22(18)30-24(27)29-17/h5-6,8,16-19,22H,2-4,7,9-14H2,1H3,(H,25,26)/t16-,17?,18+,19-,22+/m0/s1. The van der Waals surface area contributed by atoms with E-state index in [0.717, 1.165) is 63.4 Å². The maximum absolute atomic E-state index is 12.3. The fraction of sp³-hybridized carbons (Fsp3) is 0.667. The molecule has 1 aromatic carbocycles. The topological polar surface area (TPSA) is 82.1 Å². The second-order valence-electron chi connectivity index (χ2n) is 9.03. The number of aliphatic carboxylic acids is 1. The number of carboxylic acid groups (broad SMARTS) is 1. The second-order valence-corrected chi connectivity index (χ2v) is 9.03. The van der Waals surface area contributed by atoms with Crippen molar-refractivity contribution in [1.29, 1.82) is 0 Å². The SMILES string of the molecule is CCCCCC1CC[C@@H]2[C@H]3Cc4cccc(OCC(=O)O)c4C[C@H]3C[C@H]2OC(=O)O1. The molecule has 6 heteroatoms. The minimum Gasteiger partial charge on any atom is -0.482 e. The number of hydrogen-bond acceptors (Lipinski definition) is 5. The second kappa shape index (κ2) is 9.27. The number of rotatable bonds is 7. The predicted octanol–water partition coefficient (Wildman–Crippen LogP) is 4.77. The highest BCUT2D eigenvalue weighted by Crippen LogP contribution is 2.50. The van der Waals surface area contributed by atoms with Gasteiger partial charge in [-0.05, 0) is 79.9 Å². The summed E-state index contributed by atoms with van der Waals surface area (Å²) in [6, 6.07) is 5.92. The van der Waals surface area contributed by atoms with Gasteiger partial charge in [0.05, 0.1) is 0 Å². The first-order valence-corrected chi connectivity index (χ1v) is 11.4. The molecule has 1 saturated heterocycles. The highest BCUT2D eigenvalue weighted by Gasteiger charge is 2.48. The van der Waals surface area contributed by atoms with Gasteiger partial charge in [0.15, 0.2) is 6.61 Å². The summed E-state index contributed by atoms with van der Waals surface area (Å²) in [4.78, 5) is 23.2. The van der Waals surface area contributed by atoms with E-state index in [1.54, 1.807) is 0 Å². The summed E-state index contributed by atoms with van der Waals surface area (Å²) in [5.74, 6) is 0.981. The highest BCUT2D eigenvalue weighted by atomic mass is 16.7. The van der Waals surface area contributed by atoms with E-state index in [9.17, 15) is 9.59 Å². The Morgan fingerprint density at radius 2 is 2.03 bits per heavy atom. The predicted molar refractivity (Wildman–Crippen MR) is 111 cm³/mol. The van der Waals surface area contributed by atoms with Crippen LogP contribution in [0.4, 0.5) is 4.79 Å². The van der Waals surface area contributed by atoms with E-state index in [-0.39, 0.29) is 18.8 Å². The monoisotopic (exact) mass is 416 g/mol. The van der Waals surface area contributed by atoms with E-state index in [2.05, 4.69) is 13.0 Å². The maximum Gasteiger partial charge on any atom is 0.508 e. The molecule has 6 nitrogen and oxygen atoms in total. The van der Waals surface area contributed by atoms with Crippen LogP contribution < -0.4 is 4.74 Å². The molecule has 1 aromatic rings. The van der Waals surface area contributed by atoms with Gasteiger partial charge in [0.1, 0.15) is 18.0 Å². The molecule has 164 valence electrons. The van der Waals surface area contributed by atoms with Gasteiger partial charge in [-0.15, -0.1) is 0 Å². The summed E-state index contributed by atoms with van der Waals surface area (Å²) in [7, 11) is 0. The molecule has 1 unspecified atom stereocenters. The summed E-state index contributed by atoms with van der Waals surface area (Å²) in [6.07, 6.45) is 8.27. The lowest BCUT2D eigenvalue weighted by molar-refractivity contribution is -0.139. The summed E-state index contributed by atoms with van der Waals surface area (Å²) < 4.78 is 16.9. The smallest absolute Gasteiger partial charge is 0.482 e. The fourth-order valence-electron chi connectivity index (χ4n) is 5.74. The van der Waals surface area contributed by atoms with E-state index < -0.39 is 12.1 Å². The van der Waals surface area contributed by atoms with Crippen molar-refractivity contribution in [2.24, 2.45) is 17.8 Å². The van der Waals surface area contributed by atoms with Crippen LogP contribution in [0.5, 0.6) is 5.75 Å². The average molecular weight is 417 g/mol. The molecule has 3 aliphatic rings. The van der Waals surface area contributed by atoms with Crippen LogP contribution in [0.1, 0.15) is 63.0 Å². The van der Waals surface area contributed by atoms with Crippen molar-refractivity contribution in [2.75, 3.05) is 6.61 Å². The molecular formula is C24H32O6. The molecule has 2 aliphatic carbocycles. The lowest BCUT2D eigenvalue weighted by Crippen LogP contribution is -2.33. The third kappa shape index (κ3) is 4.57. The summed E-state index contributed by atoms with van der Waals surface area (Å²) in [6.45, 7) is 1.85. The molecule has 2 fully saturated rings. The van der Waals surface area contributed by atoms with Crippen molar-refractivity contribution in [1.82, 2.24) is 0 Å². The number of cyclic esters (lactones) is 1. The Balaban J connectivity index is 1.47. The largest absolute Gasteiger partial charge is 0.508 e. The molecular weight excluding hydrogens is 384 g/mol. The molecule has 0 radical (unpaired) electrons. The van der Waals surface area contributed by atoms with Crippen LogP contribution >= 0.6 is 0 Å². The first-order chi connectivity index (χ1) is 14.5. The molecule has 1 N–H and O–H groups in total. The van der Waals surface area contributed by atoms with Crippen LogP contribution in [0.2, 0.25) is 0 Å². The third-order valence-electron chi connectivity index (χ3n) is 7.13. The van der Waals surface area contributed by atoms with Gasteiger partial charge in [0.2, 0.25) is 0 Å². The molecule has 1 heterocycles. The van der Waals surface area contributed by atoms with Crippen LogP contribution in [0.3, 0.4) is 0 Å². The third-order valence-corrected chi connectivity index (χ3v) is 7.13. The number of fused-ring (bicyclic) bond motifs is 4. The van der Waals surface area contributed by atoms with Gasteiger partial charge in [-0.3, -0.25) is 0 Å². The van der Waals surface area contributed by atoms with Crippen molar-refractivity contribution in [3.63, 3.8) is 0 Å². The molecule has 5 atom stereocenters. The quantitative estimate of drug-likeness (QED) is 0.509.